The number of rotatable bonds is 5. The average Bonchev–Trinajstić information content (AvgIpc) is 2.53. The second kappa shape index (κ2) is 7.12. The first-order chi connectivity index (χ1) is 10.8. The van der Waals surface area contributed by atoms with Crippen molar-refractivity contribution in [2.45, 2.75) is 18.4 Å². The van der Waals surface area contributed by atoms with E-state index in [1.807, 2.05) is 0 Å². The lowest BCUT2D eigenvalue weighted by molar-refractivity contribution is -0.116. The van der Waals surface area contributed by atoms with E-state index in [-0.39, 0.29) is 17.3 Å². The molecule has 1 N–H and O–H groups in total. The van der Waals surface area contributed by atoms with E-state index in [0.717, 1.165) is 5.56 Å². The number of sulfonamides is 1. The lowest BCUT2D eigenvalue weighted by Crippen LogP contribution is -2.24. The first-order valence-electron chi connectivity index (χ1n) is 6.88. The second-order valence-corrected chi connectivity index (χ2v) is 7.23. The molecule has 0 unspecified atom stereocenters. The number of anilines is 1. The quantitative estimate of drug-likeness (QED) is 0.899. The van der Waals surface area contributed by atoms with Crippen molar-refractivity contribution in [3.05, 3.63) is 59.1 Å². The molecule has 2 rings (SSSR count). The predicted molar refractivity (Wildman–Crippen MR) is 91.0 cm³/mol. The van der Waals surface area contributed by atoms with Crippen molar-refractivity contribution in [1.29, 1.82) is 0 Å². The van der Waals surface area contributed by atoms with Crippen molar-refractivity contribution >= 4 is 33.2 Å². The molecule has 0 aromatic heterocycles. The van der Waals surface area contributed by atoms with Crippen molar-refractivity contribution in [2.75, 3.05) is 11.9 Å². The zero-order valence-corrected chi connectivity index (χ0v) is 14.4. The summed E-state index contributed by atoms with van der Waals surface area (Å²) < 4.78 is 27.1. The number of halogens is 1. The Morgan fingerprint density at radius 3 is 2.17 bits per heavy atom. The lowest BCUT2D eigenvalue weighted by atomic mass is 10.2. The second-order valence-electron chi connectivity index (χ2n) is 5.02. The third-order valence-corrected chi connectivity index (χ3v) is 5.06. The van der Waals surface area contributed by atoms with Gasteiger partial charge in [0.2, 0.25) is 15.9 Å². The molecule has 0 aliphatic rings. The molecule has 0 bridgehead atoms. The van der Waals surface area contributed by atoms with Gasteiger partial charge in [-0.2, -0.15) is 0 Å². The third-order valence-electron chi connectivity index (χ3n) is 3.39. The minimum Gasteiger partial charge on any atom is -0.316 e. The fraction of sp³-hybridized carbons (Fsp3) is 0.188. The van der Waals surface area contributed by atoms with E-state index >= 15 is 0 Å². The molecule has 0 atom stereocenters. The molecule has 5 nitrogen and oxygen atoms in total. The summed E-state index contributed by atoms with van der Waals surface area (Å²) in [4.78, 5) is 12.9. The summed E-state index contributed by atoms with van der Waals surface area (Å²) in [5, 5.41) is 0.599. The molecule has 2 aromatic rings. The molecule has 0 aliphatic carbocycles. The molecule has 0 heterocycles. The molecule has 0 radical (unpaired) electrons. The maximum Gasteiger partial charge on any atom is 0.240 e. The molecule has 0 saturated carbocycles. The summed E-state index contributed by atoms with van der Waals surface area (Å²) in [7, 11) is -1.99. The monoisotopic (exact) mass is 352 g/mol. The van der Waals surface area contributed by atoms with Crippen LogP contribution in [-0.4, -0.2) is 21.4 Å². The Balaban J connectivity index is 2.10. The van der Waals surface area contributed by atoms with Crippen LogP contribution in [0.1, 0.15) is 12.5 Å². The fourth-order valence-corrected chi connectivity index (χ4v) is 3.04. The fourth-order valence-electron chi connectivity index (χ4n) is 1.89. The number of nitrogens with one attached hydrogen (secondary N) is 1. The van der Waals surface area contributed by atoms with Gasteiger partial charge in [0.25, 0.3) is 0 Å². The van der Waals surface area contributed by atoms with Crippen LogP contribution in [0.4, 0.5) is 5.69 Å². The van der Waals surface area contributed by atoms with Gasteiger partial charge in [-0.15, -0.1) is 0 Å². The number of amides is 1. The van der Waals surface area contributed by atoms with E-state index in [9.17, 15) is 13.2 Å². The number of carbonyl (C=O) groups excluding carboxylic acids is 1. The number of carbonyl (C=O) groups is 1. The minimum atomic E-state index is -3.62. The van der Waals surface area contributed by atoms with Gasteiger partial charge in [-0.05, 0) is 42.0 Å². The first-order valence-corrected chi connectivity index (χ1v) is 8.74. The molecule has 122 valence electrons. The average molecular weight is 353 g/mol. The van der Waals surface area contributed by atoms with Gasteiger partial charge >= 0.3 is 0 Å². The standard InChI is InChI=1S/C16H17ClN2O3S/c1-12(20)19(2)15-7-9-16(10-8-15)23(21,22)18-11-13-3-5-14(17)6-4-13/h3-10,18H,11H2,1-2H3. The van der Waals surface area contributed by atoms with Crippen LogP contribution in [0.5, 0.6) is 0 Å². The number of benzene rings is 2. The van der Waals surface area contributed by atoms with E-state index in [2.05, 4.69) is 4.72 Å². The molecule has 0 fully saturated rings. The molecule has 23 heavy (non-hydrogen) atoms. The highest BCUT2D eigenvalue weighted by Crippen LogP contribution is 2.17. The van der Waals surface area contributed by atoms with Crippen molar-refractivity contribution in [3.63, 3.8) is 0 Å². The van der Waals surface area contributed by atoms with Crippen LogP contribution >= 0.6 is 11.6 Å². The van der Waals surface area contributed by atoms with Gasteiger partial charge in [0.15, 0.2) is 0 Å². The highest BCUT2D eigenvalue weighted by atomic mass is 35.5. The van der Waals surface area contributed by atoms with Crippen LogP contribution in [0.3, 0.4) is 0 Å². The molecule has 7 heteroatoms. The summed E-state index contributed by atoms with van der Waals surface area (Å²) in [6, 6.07) is 13.1. The molecular formula is C16H17ClN2O3S. The first kappa shape index (κ1) is 17.5. The van der Waals surface area contributed by atoms with Gasteiger partial charge in [0, 0.05) is 31.2 Å². The van der Waals surface area contributed by atoms with Gasteiger partial charge in [-0.3, -0.25) is 4.79 Å². The van der Waals surface area contributed by atoms with Crippen LogP contribution in [0.2, 0.25) is 5.02 Å². The van der Waals surface area contributed by atoms with Crippen LogP contribution < -0.4 is 9.62 Å². The highest BCUT2D eigenvalue weighted by Gasteiger charge is 2.14. The largest absolute Gasteiger partial charge is 0.316 e. The maximum atomic E-state index is 12.3. The van der Waals surface area contributed by atoms with Gasteiger partial charge < -0.3 is 4.90 Å². The van der Waals surface area contributed by atoms with Gasteiger partial charge in [-0.25, -0.2) is 13.1 Å². The van der Waals surface area contributed by atoms with Gasteiger partial charge in [0.1, 0.15) is 0 Å². The molecule has 0 aliphatic heterocycles. The summed E-state index contributed by atoms with van der Waals surface area (Å²) in [6.07, 6.45) is 0. The van der Waals surface area contributed by atoms with Gasteiger partial charge in [-0.1, -0.05) is 23.7 Å². The Kier molecular flexibility index (Phi) is 5.41. The topological polar surface area (TPSA) is 66.5 Å². The summed E-state index contributed by atoms with van der Waals surface area (Å²) in [5.74, 6) is -0.124. The number of hydrogen-bond acceptors (Lipinski definition) is 3. The molecular weight excluding hydrogens is 336 g/mol. The third kappa shape index (κ3) is 4.54. The molecule has 2 aromatic carbocycles. The van der Waals surface area contributed by atoms with Crippen molar-refractivity contribution in [3.8, 4) is 0 Å². The normalized spacial score (nSPS) is 11.3. The predicted octanol–water partition coefficient (Wildman–Crippen LogP) is 2.80. The van der Waals surface area contributed by atoms with Crippen LogP contribution in [0, 0.1) is 0 Å². The van der Waals surface area contributed by atoms with E-state index in [1.165, 1.54) is 24.0 Å². The zero-order chi connectivity index (χ0) is 17.0. The maximum absolute atomic E-state index is 12.3. The Bertz CT molecular complexity index is 787. The smallest absolute Gasteiger partial charge is 0.240 e. The molecule has 0 spiro atoms. The van der Waals surface area contributed by atoms with Crippen molar-refractivity contribution in [2.24, 2.45) is 0 Å². The minimum absolute atomic E-state index is 0.124. The van der Waals surface area contributed by atoms with Crippen LogP contribution in [-0.2, 0) is 21.4 Å². The molecule has 0 saturated heterocycles. The number of nitrogens with zero attached hydrogens (tertiary/aromatic N) is 1. The zero-order valence-electron chi connectivity index (χ0n) is 12.8. The SMILES string of the molecule is CC(=O)N(C)c1ccc(S(=O)(=O)NCc2ccc(Cl)cc2)cc1. The Morgan fingerprint density at radius 2 is 1.65 bits per heavy atom. The molecule has 1 amide bonds. The summed E-state index contributed by atoms with van der Waals surface area (Å²) in [6.45, 7) is 1.62. The van der Waals surface area contributed by atoms with Gasteiger partial charge in [0.05, 0.1) is 4.90 Å². The Hall–Kier alpha value is -1.89. The Labute approximate surface area is 140 Å². The summed E-state index contributed by atoms with van der Waals surface area (Å²) >= 11 is 5.79. The summed E-state index contributed by atoms with van der Waals surface area (Å²) in [5.41, 5.74) is 1.44. The van der Waals surface area contributed by atoms with Crippen LogP contribution in [0.25, 0.3) is 0 Å². The van der Waals surface area contributed by atoms with Crippen molar-refractivity contribution in [1.82, 2.24) is 4.72 Å². The highest BCUT2D eigenvalue weighted by molar-refractivity contribution is 7.89. The lowest BCUT2D eigenvalue weighted by Gasteiger charge is -2.15. The van der Waals surface area contributed by atoms with Crippen molar-refractivity contribution < 1.29 is 13.2 Å². The van der Waals surface area contributed by atoms with E-state index in [0.29, 0.717) is 10.7 Å². The van der Waals surface area contributed by atoms with E-state index in [1.54, 1.807) is 43.4 Å². The van der Waals surface area contributed by atoms with E-state index in [4.69, 9.17) is 11.6 Å². The van der Waals surface area contributed by atoms with Crippen LogP contribution in [0.15, 0.2) is 53.4 Å². The van der Waals surface area contributed by atoms with E-state index < -0.39 is 10.0 Å². The number of hydrogen-bond donors (Lipinski definition) is 1. The Morgan fingerprint density at radius 1 is 1.09 bits per heavy atom.